The molecule has 0 aromatic heterocycles. The van der Waals surface area contributed by atoms with Crippen molar-refractivity contribution in [2.75, 3.05) is 13.1 Å². The van der Waals surface area contributed by atoms with Crippen molar-refractivity contribution < 1.29 is 4.74 Å². The number of hydrogen-bond acceptors (Lipinski definition) is 2. The van der Waals surface area contributed by atoms with Crippen molar-refractivity contribution in [1.29, 1.82) is 0 Å². The maximum atomic E-state index is 5.99. The van der Waals surface area contributed by atoms with Crippen molar-refractivity contribution in [2.24, 2.45) is 0 Å². The highest BCUT2D eigenvalue weighted by Crippen LogP contribution is 2.32. The van der Waals surface area contributed by atoms with E-state index in [4.69, 9.17) is 4.74 Å². The lowest BCUT2D eigenvalue weighted by Crippen LogP contribution is -2.46. The third-order valence-electron chi connectivity index (χ3n) is 5.41. The van der Waals surface area contributed by atoms with Crippen molar-refractivity contribution in [2.45, 2.75) is 44.8 Å². The second-order valence-corrected chi connectivity index (χ2v) is 7.22. The third-order valence-corrected chi connectivity index (χ3v) is 5.41. The van der Waals surface area contributed by atoms with Gasteiger partial charge in [-0.05, 0) is 62.0 Å². The monoisotopic (exact) mass is 333 g/mol. The molecule has 2 fully saturated rings. The van der Waals surface area contributed by atoms with Gasteiger partial charge in [0.25, 0.3) is 0 Å². The normalized spacial score (nSPS) is 22.6. The summed E-state index contributed by atoms with van der Waals surface area (Å²) in [6, 6.07) is 19.6. The van der Waals surface area contributed by atoms with Crippen molar-refractivity contribution in [3.05, 3.63) is 71.3 Å². The molecule has 1 atom stereocenters. The number of rotatable bonds is 5. The summed E-state index contributed by atoms with van der Waals surface area (Å²) in [5.74, 6) is 0.953. The Bertz CT molecular complexity index is 718. The summed E-state index contributed by atoms with van der Waals surface area (Å²) >= 11 is 0. The topological polar surface area (TPSA) is 12.5 Å². The quantitative estimate of drug-likeness (QED) is 0.736. The first-order valence-corrected chi connectivity index (χ1v) is 9.60. The Morgan fingerprint density at radius 3 is 2.64 bits per heavy atom. The first kappa shape index (κ1) is 16.4. The first-order valence-electron chi connectivity index (χ1n) is 9.60. The zero-order chi connectivity index (χ0) is 16.9. The molecule has 0 bridgehead atoms. The Morgan fingerprint density at radius 1 is 0.960 bits per heavy atom. The number of benzene rings is 2. The zero-order valence-corrected chi connectivity index (χ0v) is 14.9. The average molecular weight is 333 g/mol. The Kier molecular flexibility index (Phi) is 5.17. The minimum Gasteiger partial charge on any atom is -0.489 e. The molecule has 4 rings (SSSR count). The largest absolute Gasteiger partial charge is 0.489 e. The highest BCUT2D eigenvalue weighted by atomic mass is 16.5. The molecular formula is C23H27NO. The van der Waals surface area contributed by atoms with Crippen LogP contribution in [0.4, 0.5) is 0 Å². The predicted molar refractivity (Wildman–Crippen MR) is 104 cm³/mol. The van der Waals surface area contributed by atoms with Gasteiger partial charge in [0.05, 0.1) is 0 Å². The van der Waals surface area contributed by atoms with Crippen LogP contribution in [0, 0.1) is 0 Å². The Hall–Kier alpha value is -2.06. The summed E-state index contributed by atoms with van der Waals surface area (Å²) in [6.07, 6.45) is 9.06. The second kappa shape index (κ2) is 7.88. The second-order valence-electron chi connectivity index (χ2n) is 7.22. The van der Waals surface area contributed by atoms with Crippen LogP contribution < -0.4 is 4.74 Å². The van der Waals surface area contributed by atoms with Crippen LogP contribution in [0.3, 0.4) is 0 Å². The van der Waals surface area contributed by atoms with Gasteiger partial charge in [-0.3, -0.25) is 4.90 Å². The summed E-state index contributed by atoms with van der Waals surface area (Å²) < 4.78 is 5.99. The van der Waals surface area contributed by atoms with Crippen LogP contribution in [0.25, 0.3) is 6.08 Å². The standard InChI is InChI=1S/C23H27NO/c1-2-8-19(9-3-1)18-25-22-12-6-10-20(17-22)16-21-11-4-5-13-23(21)24-14-7-15-24/h1-3,6,8-10,12,16-17,23H,4-5,7,11,13-15,18H2/b21-16+. The van der Waals surface area contributed by atoms with Gasteiger partial charge < -0.3 is 4.74 Å². The summed E-state index contributed by atoms with van der Waals surface area (Å²) in [5, 5.41) is 0. The van der Waals surface area contributed by atoms with Crippen molar-refractivity contribution >= 4 is 6.08 Å². The molecule has 130 valence electrons. The van der Waals surface area contributed by atoms with Gasteiger partial charge in [-0.1, -0.05) is 60.5 Å². The van der Waals surface area contributed by atoms with E-state index in [1.165, 1.54) is 56.3 Å². The first-order chi connectivity index (χ1) is 12.4. The fourth-order valence-corrected chi connectivity index (χ4v) is 3.91. The SMILES string of the molecule is C(=C1/CCCCC1N1CCC1)/c1cccc(OCc2ccccc2)c1. The van der Waals surface area contributed by atoms with E-state index in [0.29, 0.717) is 12.6 Å². The molecule has 1 saturated carbocycles. The van der Waals surface area contributed by atoms with E-state index in [1.54, 1.807) is 5.57 Å². The Balaban J connectivity index is 1.46. The lowest BCUT2D eigenvalue weighted by molar-refractivity contribution is 0.121. The smallest absolute Gasteiger partial charge is 0.120 e. The van der Waals surface area contributed by atoms with Crippen LogP contribution in [-0.2, 0) is 6.61 Å². The van der Waals surface area contributed by atoms with Gasteiger partial charge in [0, 0.05) is 6.04 Å². The van der Waals surface area contributed by atoms with Crippen LogP contribution in [0.15, 0.2) is 60.2 Å². The molecule has 2 heteroatoms. The lowest BCUT2D eigenvalue weighted by Gasteiger charge is -2.42. The Morgan fingerprint density at radius 2 is 1.84 bits per heavy atom. The molecular weight excluding hydrogens is 306 g/mol. The molecule has 2 aromatic rings. The van der Waals surface area contributed by atoms with Crippen LogP contribution in [0.1, 0.15) is 43.2 Å². The molecule has 1 unspecified atom stereocenters. The van der Waals surface area contributed by atoms with Gasteiger partial charge in [0.2, 0.25) is 0 Å². The van der Waals surface area contributed by atoms with E-state index >= 15 is 0 Å². The Labute approximate surface area is 151 Å². The molecule has 2 aromatic carbocycles. The maximum Gasteiger partial charge on any atom is 0.120 e. The molecule has 2 aliphatic rings. The summed E-state index contributed by atoms with van der Waals surface area (Å²) in [7, 11) is 0. The fraction of sp³-hybridized carbons (Fsp3) is 0.391. The molecule has 2 nitrogen and oxygen atoms in total. The summed E-state index contributed by atoms with van der Waals surface area (Å²) in [5.41, 5.74) is 4.09. The van der Waals surface area contributed by atoms with Crippen LogP contribution in [0.2, 0.25) is 0 Å². The van der Waals surface area contributed by atoms with Crippen molar-refractivity contribution in [3.8, 4) is 5.75 Å². The van der Waals surface area contributed by atoms with Gasteiger partial charge in [0.15, 0.2) is 0 Å². The molecule has 1 aliphatic carbocycles. The minimum atomic E-state index is 0.622. The van der Waals surface area contributed by atoms with E-state index < -0.39 is 0 Å². The van der Waals surface area contributed by atoms with Crippen LogP contribution in [0.5, 0.6) is 5.75 Å². The number of ether oxygens (including phenoxy) is 1. The summed E-state index contributed by atoms with van der Waals surface area (Å²) in [6.45, 7) is 3.18. The van der Waals surface area contributed by atoms with E-state index in [9.17, 15) is 0 Å². The molecule has 25 heavy (non-hydrogen) atoms. The number of likely N-dealkylation sites (tertiary alicyclic amines) is 1. The molecule has 1 aliphatic heterocycles. The van der Waals surface area contributed by atoms with Crippen molar-refractivity contribution in [1.82, 2.24) is 4.90 Å². The fourth-order valence-electron chi connectivity index (χ4n) is 3.91. The zero-order valence-electron chi connectivity index (χ0n) is 14.9. The molecule has 1 saturated heterocycles. The highest BCUT2D eigenvalue weighted by molar-refractivity contribution is 5.56. The number of nitrogens with zero attached hydrogens (tertiary/aromatic N) is 1. The van der Waals surface area contributed by atoms with Gasteiger partial charge in [0.1, 0.15) is 12.4 Å². The van der Waals surface area contributed by atoms with Gasteiger partial charge in [-0.15, -0.1) is 0 Å². The maximum absolute atomic E-state index is 5.99. The lowest BCUT2D eigenvalue weighted by atomic mass is 9.86. The van der Waals surface area contributed by atoms with E-state index in [-0.39, 0.29) is 0 Å². The van der Waals surface area contributed by atoms with Gasteiger partial charge in [-0.2, -0.15) is 0 Å². The number of hydrogen-bond donors (Lipinski definition) is 0. The van der Waals surface area contributed by atoms with E-state index in [0.717, 1.165) is 5.75 Å². The minimum absolute atomic E-state index is 0.622. The molecule has 0 spiro atoms. The van der Waals surface area contributed by atoms with Gasteiger partial charge in [-0.25, -0.2) is 0 Å². The van der Waals surface area contributed by atoms with Gasteiger partial charge >= 0.3 is 0 Å². The third kappa shape index (κ3) is 4.13. The molecule has 1 heterocycles. The van der Waals surface area contributed by atoms with E-state index in [2.05, 4.69) is 59.5 Å². The highest BCUT2D eigenvalue weighted by Gasteiger charge is 2.28. The molecule has 0 amide bonds. The van der Waals surface area contributed by atoms with Crippen LogP contribution >= 0.6 is 0 Å². The molecule has 0 radical (unpaired) electrons. The average Bonchev–Trinajstić information content (AvgIpc) is 2.61. The van der Waals surface area contributed by atoms with E-state index in [1.807, 2.05) is 6.07 Å². The molecule has 0 N–H and O–H groups in total. The summed E-state index contributed by atoms with van der Waals surface area (Å²) in [4.78, 5) is 2.65. The van der Waals surface area contributed by atoms with Crippen molar-refractivity contribution in [3.63, 3.8) is 0 Å². The van der Waals surface area contributed by atoms with Crippen LogP contribution in [-0.4, -0.2) is 24.0 Å². The predicted octanol–water partition coefficient (Wildman–Crippen LogP) is 5.30.